The number of anilines is 1. The minimum absolute atomic E-state index is 0.0343. The molecule has 0 saturated carbocycles. The smallest absolute Gasteiger partial charge is 0.230 e. The number of nitrogens with one attached hydrogen (secondary N) is 1. The van der Waals surface area contributed by atoms with Crippen LogP contribution in [0, 0.1) is 0 Å². The molecule has 3 rings (SSSR count). The van der Waals surface area contributed by atoms with Crippen LogP contribution in [0.15, 0.2) is 24.3 Å². The maximum absolute atomic E-state index is 11.9. The van der Waals surface area contributed by atoms with Gasteiger partial charge >= 0.3 is 0 Å². The van der Waals surface area contributed by atoms with Gasteiger partial charge in [-0.3, -0.25) is 4.79 Å². The van der Waals surface area contributed by atoms with Crippen LogP contribution in [0.4, 0.5) is 5.69 Å². The molecule has 0 aromatic heterocycles. The molecule has 0 aliphatic carbocycles. The van der Waals surface area contributed by atoms with E-state index in [1.807, 2.05) is 0 Å². The Labute approximate surface area is 148 Å². The van der Waals surface area contributed by atoms with Crippen LogP contribution >= 0.6 is 11.8 Å². The van der Waals surface area contributed by atoms with Crippen LogP contribution in [0.25, 0.3) is 0 Å². The van der Waals surface area contributed by atoms with Gasteiger partial charge in [0, 0.05) is 30.6 Å². The van der Waals surface area contributed by atoms with E-state index in [0.29, 0.717) is 18.7 Å². The Morgan fingerprint density at radius 1 is 1.21 bits per heavy atom. The van der Waals surface area contributed by atoms with E-state index in [1.165, 1.54) is 30.3 Å². The topological polar surface area (TPSA) is 66.5 Å². The standard InChI is InChI=1S/C17H24N2O3S2/c20-17(12-23-16-7-10-24(21,22)13-16)18-11-14-3-5-15(6-4-14)19-8-1-2-9-19/h3-6,16H,1-2,7-13H2,(H,18,20)/t16-/m1/s1. The average Bonchev–Trinajstić information content (AvgIpc) is 3.21. The van der Waals surface area contributed by atoms with Crippen molar-refractivity contribution in [1.29, 1.82) is 0 Å². The van der Waals surface area contributed by atoms with Gasteiger partial charge in [-0.05, 0) is 37.0 Å². The molecular weight excluding hydrogens is 344 g/mol. The van der Waals surface area contributed by atoms with Crippen LogP contribution in [0.3, 0.4) is 0 Å². The fourth-order valence-corrected chi connectivity index (χ4v) is 6.61. The highest BCUT2D eigenvalue weighted by Gasteiger charge is 2.28. The Morgan fingerprint density at radius 2 is 1.92 bits per heavy atom. The molecule has 7 heteroatoms. The number of nitrogens with zero attached hydrogens (tertiary/aromatic N) is 1. The largest absolute Gasteiger partial charge is 0.372 e. The normalized spacial score (nSPS) is 22.7. The van der Waals surface area contributed by atoms with Gasteiger partial charge in [-0.15, -0.1) is 11.8 Å². The van der Waals surface area contributed by atoms with E-state index in [0.717, 1.165) is 18.7 Å². The quantitative estimate of drug-likeness (QED) is 0.830. The van der Waals surface area contributed by atoms with Gasteiger partial charge in [-0.1, -0.05) is 12.1 Å². The van der Waals surface area contributed by atoms with Crippen molar-refractivity contribution in [3.63, 3.8) is 0 Å². The first-order valence-corrected chi connectivity index (χ1v) is 11.3. The molecule has 0 bridgehead atoms. The van der Waals surface area contributed by atoms with Gasteiger partial charge in [0.05, 0.1) is 17.3 Å². The summed E-state index contributed by atoms with van der Waals surface area (Å²) >= 11 is 1.45. The molecule has 2 aliphatic heterocycles. The van der Waals surface area contributed by atoms with E-state index in [1.54, 1.807) is 0 Å². The first-order valence-electron chi connectivity index (χ1n) is 8.44. The van der Waals surface area contributed by atoms with Gasteiger partial charge in [-0.2, -0.15) is 0 Å². The maximum atomic E-state index is 11.9. The molecule has 2 heterocycles. The van der Waals surface area contributed by atoms with E-state index in [-0.39, 0.29) is 22.7 Å². The molecular formula is C17H24N2O3S2. The minimum Gasteiger partial charge on any atom is -0.372 e. The number of hydrogen-bond acceptors (Lipinski definition) is 5. The van der Waals surface area contributed by atoms with E-state index < -0.39 is 9.84 Å². The summed E-state index contributed by atoms with van der Waals surface area (Å²) in [6.45, 7) is 2.77. The van der Waals surface area contributed by atoms with E-state index in [9.17, 15) is 13.2 Å². The van der Waals surface area contributed by atoms with Gasteiger partial charge in [0.15, 0.2) is 9.84 Å². The Bertz CT molecular complexity index is 668. The second-order valence-electron chi connectivity index (χ2n) is 6.47. The molecule has 1 N–H and O–H groups in total. The lowest BCUT2D eigenvalue weighted by atomic mass is 10.2. The molecule has 2 fully saturated rings. The van der Waals surface area contributed by atoms with Crippen molar-refractivity contribution in [3.8, 4) is 0 Å². The third-order valence-electron chi connectivity index (χ3n) is 4.54. The molecule has 24 heavy (non-hydrogen) atoms. The third kappa shape index (κ3) is 4.89. The Kier molecular flexibility index (Phi) is 5.71. The first-order chi connectivity index (χ1) is 11.5. The van der Waals surface area contributed by atoms with Crippen molar-refractivity contribution in [3.05, 3.63) is 29.8 Å². The molecule has 0 spiro atoms. The summed E-state index contributed by atoms with van der Waals surface area (Å²) in [7, 11) is -2.87. The molecule has 1 atom stereocenters. The van der Waals surface area contributed by atoms with Crippen molar-refractivity contribution < 1.29 is 13.2 Å². The Hall–Kier alpha value is -1.21. The Morgan fingerprint density at radius 3 is 2.54 bits per heavy atom. The van der Waals surface area contributed by atoms with Gasteiger partial charge < -0.3 is 10.2 Å². The lowest BCUT2D eigenvalue weighted by molar-refractivity contribution is -0.118. The number of hydrogen-bond donors (Lipinski definition) is 1. The minimum atomic E-state index is -2.87. The highest BCUT2D eigenvalue weighted by atomic mass is 32.2. The van der Waals surface area contributed by atoms with Crippen molar-refractivity contribution in [2.45, 2.75) is 31.1 Å². The summed E-state index contributed by atoms with van der Waals surface area (Å²) in [4.78, 5) is 14.3. The molecule has 1 amide bonds. The lowest BCUT2D eigenvalue weighted by Gasteiger charge is -2.17. The molecule has 1 aromatic rings. The SMILES string of the molecule is O=C(CS[C@@H]1CCS(=O)(=O)C1)NCc1ccc(N2CCCC2)cc1. The van der Waals surface area contributed by atoms with Gasteiger partial charge in [-0.25, -0.2) is 8.42 Å². The van der Waals surface area contributed by atoms with Gasteiger partial charge in [0.25, 0.3) is 0 Å². The highest BCUT2D eigenvalue weighted by molar-refractivity contribution is 8.02. The first kappa shape index (κ1) is 17.6. The Balaban J connectivity index is 1.39. The highest BCUT2D eigenvalue weighted by Crippen LogP contribution is 2.24. The fraction of sp³-hybridized carbons (Fsp3) is 0.588. The van der Waals surface area contributed by atoms with Crippen molar-refractivity contribution in [2.75, 3.05) is 35.2 Å². The maximum Gasteiger partial charge on any atom is 0.230 e. The van der Waals surface area contributed by atoms with Crippen molar-refractivity contribution in [2.24, 2.45) is 0 Å². The second-order valence-corrected chi connectivity index (χ2v) is 9.99. The number of carbonyl (C=O) groups excluding carboxylic acids is 1. The monoisotopic (exact) mass is 368 g/mol. The molecule has 0 unspecified atom stereocenters. The van der Waals surface area contributed by atoms with Crippen LogP contribution in [0.5, 0.6) is 0 Å². The zero-order valence-corrected chi connectivity index (χ0v) is 15.4. The van der Waals surface area contributed by atoms with Gasteiger partial charge in [0.1, 0.15) is 0 Å². The van der Waals surface area contributed by atoms with Crippen molar-refractivity contribution >= 4 is 33.2 Å². The van der Waals surface area contributed by atoms with E-state index >= 15 is 0 Å². The second kappa shape index (κ2) is 7.78. The number of benzene rings is 1. The number of amides is 1. The number of carbonyl (C=O) groups is 1. The lowest BCUT2D eigenvalue weighted by Crippen LogP contribution is -2.25. The van der Waals surface area contributed by atoms with Crippen molar-refractivity contribution in [1.82, 2.24) is 5.32 Å². The van der Waals surface area contributed by atoms with Crippen LogP contribution < -0.4 is 10.2 Å². The van der Waals surface area contributed by atoms with E-state index in [2.05, 4.69) is 34.5 Å². The molecule has 0 radical (unpaired) electrons. The summed E-state index contributed by atoms with van der Waals surface area (Å²) in [5, 5.41) is 2.98. The number of thioether (sulfide) groups is 1. The summed E-state index contributed by atoms with van der Waals surface area (Å²) in [5.41, 5.74) is 2.33. The van der Waals surface area contributed by atoms with Crippen LogP contribution in [-0.2, 0) is 21.2 Å². The summed E-state index contributed by atoms with van der Waals surface area (Å²) in [5.74, 6) is 0.762. The summed E-state index contributed by atoms with van der Waals surface area (Å²) in [6.07, 6.45) is 3.19. The molecule has 2 saturated heterocycles. The zero-order valence-electron chi connectivity index (χ0n) is 13.7. The zero-order chi connectivity index (χ0) is 17.0. The summed E-state index contributed by atoms with van der Waals surface area (Å²) < 4.78 is 22.8. The van der Waals surface area contributed by atoms with Crippen LogP contribution in [0.2, 0.25) is 0 Å². The third-order valence-corrected chi connectivity index (χ3v) is 7.82. The molecule has 1 aromatic carbocycles. The number of sulfone groups is 1. The number of rotatable bonds is 6. The van der Waals surface area contributed by atoms with Gasteiger partial charge in [0.2, 0.25) is 5.91 Å². The average molecular weight is 369 g/mol. The summed E-state index contributed by atoms with van der Waals surface area (Å²) in [6, 6.07) is 8.35. The van der Waals surface area contributed by atoms with E-state index in [4.69, 9.17) is 0 Å². The predicted molar refractivity (Wildman–Crippen MR) is 99.3 cm³/mol. The molecule has 5 nitrogen and oxygen atoms in total. The van der Waals surface area contributed by atoms with Crippen LogP contribution in [-0.4, -0.2) is 49.9 Å². The van der Waals surface area contributed by atoms with Crippen LogP contribution in [0.1, 0.15) is 24.8 Å². The molecule has 2 aliphatic rings. The predicted octanol–water partition coefficient (Wildman–Crippen LogP) is 1.82. The fourth-order valence-electron chi connectivity index (χ4n) is 3.14. The molecule has 132 valence electrons.